The van der Waals surface area contributed by atoms with Gasteiger partial charge in [-0.2, -0.15) is 0 Å². The van der Waals surface area contributed by atoms with E-state index in [1.807, 2.05) is 12.1 Å². The van der Waals surface area contributed by atoms with Gasteiger partial charge in [0.15, 0.2) is 0 Å². The van der Waals surface area contributed by atoms with Crippen molar-refractivity contribution in [1.82, 2.24) is 4.90 Å². The molecule has 1 heterocycles. The summed E-state index contributed by atoms with van der Waals surface area (Å²) in [5.74, 6) is -0.256. The van der Waals surface area contributed by atoms with Crippen LogP contribution in [0.25, 0.3) is 0 Å². The number of hydrogen-bond donors (Lipinski definition) is 0. The van der Waals surface area contributed by atoms with Crippen molar-refractivity contribution in [2.75, 3.05) is 0 Å². The number of nitrogens with zero attached hydrogens (tertiary/aromatic N) is 1. The zero-order chi connectivity index (χ0) is 8.55. The van der Waals surface area contributed by atoms with Crippen molar-refractivity contribution in [1.29, 1.82) is 0 Å². The highest BCUT2D eigenvalue weighted by Gasteiger charge is 2.26. The highest BCUT2D eigenvalue weighted by atomic mass is 19.1. The zero-order valence-electron chi connectivity index (χ0n) is 6.33. The lowest BCUT2D eigenvalue weighted by Crippen LogP contribution is -2.18. The van der Waals surface area contributed by atoms with Gasteiger partial charge < -0.3 is 0 Å². The van der Waals surface area contributed by atoms with Gasteiger partial charge in [0.1, 0.15) is 0 Å². The first kappa shape index (κ1) is 7.28. The first-order valence-corrected chi connectivity index (χ1v) is 3.65. The Morgan fingerprint density at radius 3 is 2.83 bits per heavy atom. The Hall–Kier alpha value is -1.38. The molecule has 12 heavy (non-hydrogen) atoms. The quantitative estimate of drug-likeness (QED) is 0.579. The third-order valence-corrected chi connectivity index (χ3v) is 1.97. The van der Waals surface area contributed by atoms with Crippen molar-refractivity contribution in [2.24, 2.45) is 0 Å². The molecule has 0 fully saturated rings. The molecular weight excluding hydrogens is 157 g/mol. The Kier molecular flexibility index (Phi) is 1.57. The predicted octanol–water partition coefficient (Wildman–Crippen LogP) is 1.73. The molecule has 1 radical (unpaired) electrons. The molecule has 1 aromatic carbocycles. The van der Waals surface area contributed by atoms with E-state index in [4.69, 9.17) is 0 Å². The van der Waals surface area contributed by atoms with Crippen LogP contribution in [0.5, 0.6) is 0 Å². The van der Waals surface area contributed by atoms with Crippen molar-refractivity contribution < 1.29 is 9.18 Å². The van der Waals surface area contributed by atoms with Gasteiger partial charge in [0.2, 0.25) is 6.80 Å². The number of amides is 1. The number of carbonyl (C=O) groups excluding carboxylic acids is 1. The highest BCUT2D eigenvalue weighted by Crippen LogP contribution is 2.22. The van der Waals surface area contributed by atoms with Gasteiger partial charge in [-0.25, -0.2) is 4.39 Å². The van der Waals surface area contributed by atoms with E-state index in [0.29, 0.717) is 18.9 Å². The monoisotopic (exact) mass is 164 g/mol. The van der Waals surface area contributed by atoms with Gasteiger partial charge in [0, 0.05) is 12.1 Å². The van der Waals surface area contributed by atoms with Crippen LogP contribution >= 0.6 is 0 Å². The summed E-state index contributed by atoms with van der Waals surface area (Å²) in [4.78, 5) is 12.3. The van der Waals surface area contributed by atoms with Gasteiger partial charge in [-0.15, -0.1) is 0 Å². The number of carbonyl (C=O) groups is 1. The number of rotatable bonds is 1. The lowest BCUT2D eigenvalue weighted by Gasteiger charge is -2.06. The van der Waals surface area contributed by atoms with E-state index in [-0.39, 0.29) is 5.91 Å². The molecule has 61 valence electrons. The van der Waals surface area contributed by atoms with Crippen LogP contribution in [-0.4, -0.2) is 10.8 Å². The van der Waals surface area contributed by atoms with Crippen LogP contribution in [-0.2, 0) is 6.54 Å². The van der Waals surface area contributed by atoms with Crippen LogP contribution in [0.1, 0.15) is 15.9 Å². The maximum Gasteiger partial charge on any atom is 0.256 e. The molecule has 0 saturated heterocycles. The third kappa shape index (κ3) is 0.897. The SMILES string of the molecule is O=C1c2ccccc2CN1[CH]F. The number of halogens is 1. The summed E-state index contributed by atoms with van der Waals surface area (Å²) >= 11 is 0. The highest BCUT2D eigenvalue weighted by molar-refractivity contribution is 5.98. The molecule has 1 aromatic rings. The molecule has 1 amide bonds. The summed E-state index contributed by atoms with van der Waals surface area (Å²) < 4.78 is 12.1. The molecule has 0 N–H and O–H groups in total. The van der Waals surface area contributed by atoms with Crippen molar-refractivity contribution >= 4 is 5.91 Å². The van der Waals surface area contributed by atoms with Gasteiger partial charge >= 0.3 is 0 Å². The Balaban J connectivity index is 2.42. The molecule has 0 unspecified atom stereocenters. The second kappa shape index (κ2) is 2.59. The summed E-state index contributed by atoms with van der Waals surface area (Å²) in [6.45, 7) is 0.674. The van der Waals surface area contributed by atoms with Gasteiger partial charge in [-0.3, -0.25) is 9.69 Å². The average molecular weight is 164 g/mol. The summed E-state index contributed by atoms with van der Waals surface area (Å²) in [5.41, 5.74) is 1.49. The minimum absolute atomic E-state index is 0.256. The average Bonchev–Trinajstić information content (AvgIpc) is 2.44. The fourth-order valence-electron chi connectivity index (χ4n) is 1.36. The van der Waals surface area contributed by atoms with Gasteiger partial charge in [-0.1, -0.05) is 18.2 Å². The molecule has 0 bridgehead atoms. The Morgan fingerprint density at radius 2 is 2.17 bits per heavy atom. The van der Waals surface area contributed by atoms with Gasteiger partial charge in [0.05, 0.1) is 0 Å². The Bertz CT molecular complexity index is 324. The van der Waals surface area contributed by atoms with E-state index in [9.17, 15) is 9.18 Å². The lowest BCUT2D eigenvalue weighted by molar-refractivity contribution is 0.0781. The molecule has 0 aromatic heterocycles. The summed E-state index contributed by atoms with van der Waals surface area (Å²) in [7, 11) is 0. The van der Waals surface area contributed by atoms with Crippen LogP contribution in [0.15, 0.2) is 24.3 Å². The number of hydrogen-bond acceptors (Lipinski definition) is 1. The van der Waals surface area contributed by atoms with Crippen molar-refractivity contribution in [3.63, 3.8) is 0 Å². The topological polar surface area (TPSA) is 20.3 Å². The molecule has 1 aliphatic heterocycles. The van der Waals surface area contributed by atoms with Gasteiger partial charge in [0.25, 0.3) is 5.91 Å². The van der Waals surface area contributed by atoms with Crippen molar-refractivity contribution in [3.8, 4) is 0 Å². The maximum atomic E-state index is 12.1. The standard InChI is InChI=1S/C9H7FNO/c10-6-11-5-7-3-1-2-4-8(7)9(11)12/h1-4,6H,5H2. The molecule has 0 aliphatic carbocycles. The largest absolute Gasteiger partial charge is 0.300 e. The second-order valence-electron chi connectivity index (χ2n) is 2.69. The molecular formula is C9H7FNO. The minimum Gasteiger partial charge on any atom is -0.300 e. The molecule has 0 atom stereocenters. The fraction of sp³-hybridized carbons (Fsp3) is 0.111. The maximum absolute atomic E-state index is 12.1. The van der Waals surface area contributed by atoms with E-state index >= 15 is 0 Å². The number of benzene rings is 1. The summed E-state index contributed by atoms with van der Waals surface area (Å²) in [6.07, 6.45) is 0. The molecule has 1 aliphatic rings. The minimum atomic E-state index is -0.256. The molecule has 0 spiro atoms. The van der Waals surface area contributed by atoms with Crippen LogP contribution < -0.4 is 0 Å². The zero-order valence-corrected chi connectivity index (χ0v) is 6.33. The first-order chi connectivity index (χ1) is 5.83. The van der Waals surface area contributed by atoms with Gasteiger partial charge in [-0.05, 0) is 11.6 Å². The molecule has 2 rings (SSSR count). The van der Waals surface area contributed by atoms with E-state index in [1.165, 1.54) is 0 Å². The normalized spacial score (nSPS) is 15.1. The van der Waals surface area contributed by atoms with E-state index in [2.05, 4.69) is 0 Å². The van der Waals surface area contributed by atoms with Crippen LogP contribution in [0.3, 0.4) is 0 Å². The van der Waals surface area contributed by atoms with Crippen LogP contribution in [0, 0.1) is 6.80 Å². The summed E-state index contributed by atoms with van der Waals surface area (Å²) in [6, 6.07) is 7.16. The van der Waals surface area contributed by atoms with Crippen molar-refractivity contribution in [3.05, 3.63) is 42.2 Å². The number of fused-ring (bicyclic) bond motifs is 1. The Labute approximate surface area is 69.6 Å². The second-order valence-corrected chi connectivity index (χ2v) is 2.69. The van der Waals surface area contributed by atoms with Crippen LogP contribution in [0.2, 0.25) is 0 Å². The Morgan fingerprint density at radius 1 is 1.42 bits per heavy atom. The molecule has 2 nitrogen and oxygen atoms in total. The van der Waals surface area contributed by atoms with E-state index in [1.54, 1.807) is 12.1 Å². The molecule has 0 saturated carbocycles. The fourth-order valence-corrected chi connectivity index (χ4v) is 1.36. The molecule has 3 heteroatoms. The van der Waals surface area contributed by atoms with E-state index < -0.39 is 0 Å². The lowest BCUT2D eigenvalue weighted by atomic mass is 10.1. The first-order valence-electron chi connectivity index (χ1n) is 3.65. The van der Waals surface area contributed by atoms with Crippen LogP contribution in [0.4, 0.5) is 4.39 Å². The summed E-state index contributed by atoms with van der Waals surface area (Å²) in [5, 5.41) is 0. The van der Waals surface area contributed by atoms with Crippen molar-refractivity contribution in [2.45, 2.75) is 6.54 Å². The smallest absolute Gasteiger partial charge is 0.256 e. The predicted molar refractivity (Wildman–Crippen MR) is 41.7 cm³/mol. The van der Waals surface area contributed by atoms with E-state index in [0.717, 1.165) is 10.5 Å². The third-order valence-electron chi connectivity index (χ3n) is 1.97.